The van der Waals surface area contributed by atoms with E-state index < -0.39 is 16.1 Å². The average molecular weight is 428 g/mol. The Hall–Kier alpha value is -3.23. The maximum Gasteiger partial charge on any atom is 0.411 e. The van der Waals surface area contributed by atoms with Gasteiger partial charge in [-0.1, -0.05) is 0 Å². The second kappa shape index (κ2) is 7.55. The van der Waals surface area contributed by atoms with Crippen molar-refractivity contribution < 1.29 is 18.3 Å². The first-order valence-electron chi connectivity index (χ1n) is 9.44. The van der Waals surface area contributed by atoms with Crippen LogP contribution in [0, 0.1) is 18.3 Å². The number of sulfonamides is 1. The number of benzene rings is 1. The molecule has 0 radical (unpaired) electrons. The van der Waals surface area contributed by atoms with Gasteiger partial charge in [-0.3, -0.25) is 4.90 Å². The average Bonchev–Trinajstić information content (AvgIpc) is 3.17. The van der Waals surface area contributed by atoms with Crippen LogP contribution in [0.25, 0.3) is 0 Å². The van der Waals surface area contributed by atoms with Crippen molar-refractivity contribution in [2.45, 2.75) is 18.2 Å². The summed E-state index contributed by atoms with van der Waals surface area (Å²) >= 11 is 0. The summed E-state index contributed by atoms with van der Waals surface area (Å²) in [5, 5.41) is 18.3. The third-order valence-corrected chi connectivity index (χ3v) is 7.19. The topological polar surface area (TPSA) is 131 Å². The van der Waals surface area contributed by atoms with Crippen LogP contribution in [-0.4, -0.2) is 66.6 Å². The first-order chi connectivity index (χ1) is 14.3. The van der Waals surface area contributed by atoms with Gasteiger partial charge in [0.1, 0.15) is 11.8 Å². The summed E-state index contributed by atoms with van der Waals surface area (Å²) in [7, 11) is -3.70. The van der Waals surface area contributed by atoms with E-state index in [1.54, 1.807) is 25.1 Å². The minimum absolute atomic E-state index is 0.167. The second-order valence-corrected chi connectivity index (χ2v) is 9.11. The number of rotatable bonds is 3. The van der Waals surface area contributed by atoms with Gasteiger partial charge < -0.3 is 10.0 Å². The van der Waals surface area contributed by atoms with Gasteiger partial charge in [-0.05, 0) is 43.2 Å². The molecular formula is C19H20N6O4S. The lowest BCUT2D eigenvalue weighted by Gasteiger charge is -2.34. The van der Waals surface area contributed by atoms with Crippen molar-refractivity contribution in [2.24, 2.45) is 0 Å². The monoisotopic (exact) mass is 428 g/mol. The molecule has 30 heavy (non-hydrogen) atoms. The van der Waals surface area contributed by atoms with Gasteiger partial charge in [0.15, 0.2) is 0 Å². The van der Waals surface area contributed by atoms with Crippen molar-refractivity contribution in [3.05, 3.63) is 41.2 Å². The lowest BCUT2D eigenvalue weighted by molar-refractivity contribution is 0.202. The number of carbonyl (C=O) groups is 1. The van der Waals surface area contributed by atoms with Crippen LogP contribution in [0.15, 0.2) is 29.2 Å². The van der Waals surface area contributed by atoms with E-state index in [0.717, 1.165) is 0 Å². The number of hydrogen-bond acceptors (Lipinski definition) is 7. The Bertz CT molecular complexity index is 1150. The Balaban J connectivity index is 1.50. The quantitative estimate of drug-likeness (QED) is 0.772. The minimum atomic E-state index is -3.70. The van der Waals surface area contributed by atoms with E-state index in [4.69, 9.17) is 5.26 Å². The summed E-state index contributed by atoms with van der Waals surface area (Å²) in [4.78, 5) is 23.1. The molecule has 2 aromatic rings. The molecule has 0 aliphatic carbocycles. The van der Waals surface area contributed by atoms with Gasteiger partial charge in [-0.15, -0.1) is 0 Å². The van der Waals surface area contributed by atoms with E-state index in [0.29, 0.717) is 48.9 Å². The molecule has 1 fully saturated rings. The molecule has 10 nitrogen and oxygen atoms in total. The molecule has 0 unspecified atom stereocenters. The Morgan fingerprint density at radius 3 is 2.53 bits per heavy atom. The van der Waals surface area contributed by atoms with Crippen LogP contribution in [0.2, 0.25) is 0 Å². The van der Waals surface area contributed by atoms with Crippen LogP contribution in [0.4, 0.5) is 16.4 Å². The smallest absolute Gasteiger partial charge is 0.411 e. The number of aromatic nitrogens is 2. The molecule has 1 saturated heterocycles. The summed E-state index contributed by atoms with van der Waals surface area (Å²) in [6.45, 7) is 3.45. The number of hydrogen-bond donors (Lipinski definition) is 1. The van der Waals surface area contributed by atoms with Crippen LogP contribution in [0.3, 0.4) is 0 Å². The normalized spacial score (nSPS) is 16.9. The van der Waals surface area contributed by atoms with Crippen molar-refractivity contribution >= 4 is 27.8 Å². The van der Waals surface area contributed by atoms with Crippen molar-refractivity contribution in [3.63, 3.8) is 0 Å². The van der Waals surface area contributed by atoms with Gasteiger partial charge in [0.2, 0.25) is 16.0 Å². The molecule has 2 aliphatic rings. The molecule has 2 aliphatic heterocycles. The number of anilines is 2. The maximum atomic E-state index is 13.1. The van der Waals surface area contributed by atoms with E-state index in [1.807, 2.05) is 11.0 Å². The molecule has 0 bridgehead atoms. The highest BCUT2D eigenvalue weighted by Crippen LogP contribution is 2.31. The van der Waals surface area contributed by atoms with E-state index in [2.05, 4.69) is 9.97 Å². The molecule has 11 heteroatoms. The van der Waals surface area contributed by atoms with E-state index in [1.165, 1.54) is 15.3 Å². The summed E-state index contributed by atoms with van der Waals surface area (Å²) < 4.78 is 27.6. The lowest BCUT2D eigenvalue weighted by atomic mass is 10.2. The van der Waals surface area contributed by atoms with Crippen LogP contribution in [0.1, 0.15) is 17.0 Å². The SMILES string of the molecule is Cc1cc(C#N)nc(N2CCN(S(=O)(=O)c3ccc4c(c3)CCN4C(=O)O)CC2)n1. The fourth-order valence-electron chi connectivity index (χ4n) is 3.77. The van der Waals surface area contributed by atoms with Crippen LogP contribution >= 0.6 is 0 Å². The Labute approximate surface area is 174 Å². The van der Waals surface area contributed by atoms with Crippen molar-refractivity contribution in [1.82, 2.24) is 14.3 Å². The van der Waals surface area contributed by atoms with Crippen molar-refractivity contribution in [1.29, 1.82) is 5.26 Å². The van der Waals surface area contributed by atoms with E-state index in [-0.39, 0.29) is 23.7 Å². The van der Waals surface area contributed by atoms with Gasteiger partial charge in [-0.2, -0.15) is 9.57 Å². The van der Waals surface area contributed by atoms with Crippen LogP contribution in [0.5, 0.6) is 0 Å². The standard InChI is InChI=1S/C19H20N6O4S/c1-13-10-15(12-20)22-18(21-13)23-6-8-24(9-7-23)30(28,29)16-2-3-17-14(11-16)4-5-25(17)19(26)27/h2-3,10-11H,4-9H2,1H3,(H,26,27). The molecule has 4 rings (SSSR count). The largest absolute Gasteiger partial charge is 0.465 e. The fraction of sp³-hybridized carbons (Fsp3) is 0.368. The molecule has 0 saturated carbocycles. The summed E-state index contributed by atoms with van der Waals surface area (Å²) in [6.07, 6.45) is -0.552. The van der Waals surface area contributed by atoms with Gasteiger partial charge >= 0.3 is 6.09 Å². The van der Waals surface area contributed by atoms with Crippen molar-refractivity contribution in [3.8, 4) is 6.07 Å². The van der Waals surface area contributed by atoms with Crippen LogP contribution in [-0.2, 0) is 16.4 Å². The summed E-state index contributed by atoms with van der Waals surface area (Å²) in [5.74, 6) is 0.426. The van der Waals surface area contributed by atoms with Crippen LogP contribution < -0.4 is 9.80 Å². The Morgan fingerprint density at radius 1 is 1.13 bits per heavy atom. The molecule has 0 spiro atoms. The third-order valence-electron chi connectivity index (χ3n) is 5.29. The molecule has 3 heterocycles. The van der Waals surface area contributed by atoms with Gasteiger partial charge in [0.05, 0.1) is 10.6 Å². The zero-order valence-corrected chi connectivity index (χ0v) is 17.1. The highest BCUT2D eigenvalue weighted by Gasteiger charge is 2.32. The molecule has 1 N–H and O–H groups in total. The predicted octanol–water partition coefficient (Wildman–Crippen LogP) is 1.21. The Morgan fingerprint density at radius 2 is 1.87 bits per heavy atom. The number of carboxylic acid groups (broad SMARTS) is 1. The minimum Gasteiger partial charge on any atom is -0.465 e. The van der Waals surface area contributed by atoms with Gasteiger partial charge in [-0.25, -0.2) is 23.2 Å². The van der Waals surface area contributed by atoms with Gasteiger partial charge in [0, 0.05) is 38.4 Å². The molecular weight excluding hydrogens is 408 g/mol. The zero-order chi connectivity index (χ0) is 21.5. The first kappa shape index (κ1) is 20.1. The highest BCUT2D eigenvalue weighted by molar-refractivity contribution is 7.89. The number of fused-ring (bicyclic) bond motifs is 1. The lowest BCUT2D eigenvalue weighted by Crippen LogP contribution is -2.49. The second-order valence-electron chi connectivity index (χ2n) is 7.17. The number of piperazine rings is 1. The van der Waals surface area contributed by atoms with Crippen molar-refractivity contribution in [2.75, 3.05) is 42.5 Å². The number of nitrogens with zero attached hydrogens (tertiary/aromatic N) is 6. The molecule has 1 aromatic heterocycles. The number of amides is 1. The van der Waals surface area contributed by atoms with E-state index >= 15 is 0 Å². The maximum absolute atomic E-state index is 13.1. The molecule has 0 atom stereocenters. The molecule has 156 valence electrons. The third kappa shape index (κ3) is 3.55. The van der Waals surface area contributed by atoms with Gasteiger partial charge in [0.25, 0.3) is 0 Å². The molecule has 1 amide bonds. The first-order valence-corrected chi connectivity index (χ1v) is 10.9. The predicted molar refractivity (Wildman–Crippen MR) is 108 cm³/mol. The fourth-order valence-corrected chi connectivity index (χ4v) is 5.24. The number of aryl methyl sites for hydroxylation is 1. The summed E-state index contributed by atoms with van der Waals surface area (Å²) in [5.41, 5.74) is 2.21. The van der Waals surface area contributed by atoms with E-state index in [9.17, 15) is 18.3 Å². The zero-order valence-electron chi connectivity index (χ0n) is 16.3. The Kier molecular flexibility index (Phi) is 5.05. The molecule has 1 aromatic carbocycles. The number of nitriles is 1. The highest BCUT2D eigenvalue weighted by atomic mass is 32.2. The summed E-state index contributed by atoms with van der Waals surface area (Å²) in [6, 6.07) is 8.20.